The minimum absolute atomic E-state index is 0.197. The normalized spacial score (nSPS) is 10.5. The van der Waals surface area contributed by atoms with Crippen molar-refractivity contribution in [2.45, 2.75) is 13.8 Å². The Kier molecular flexibility index (Phi) is 6.46. The number of thiazole rings is 1. The monoisotopic (exact) mass is 433 g/mol. The molecule has 3 aromatic rings. The molecule has 9 heteroatoms. The van der Waals surface area contributed by atoms with Crippen molar-refractivity contribution in [3.8, 4) is 17.0 Å². The minimum Gasteiger partial charge on any atom is -0.483 e. The van der Waals surface area contributed by atoms with Gasteiger partial charge in [0.15, 0.2) is 11.7 Å². The number of aromatic nitrogens is 1. The van der Waals surface area contributed by atoms with Gasteiger partial charge < -0.3 is 10.1 Å². The first-order chi connectivity index (χ1) is 13.8. The molecule has 3 rings (SSSR count). The van der Waals surface area contributed by atoms with E-state index in [1.807, 2.05) is 6.92 Å². The molecule has 0 saturated heterocycles. The van der Waals surface area contributed by atoms with Crippen molar-refractivity contribution in [3.63, 3.8) is 0 Å². The molecule has 0 radical (unpaired) electrons. The number of benzene rings is 2. The summed E-state index contributed by atoms with van der Waals surface area (Å²) in [6, 6.07) is 9.44. The molecule has 0 atom stereocenters. The van der Waals surface area contributed by atoms with Gasteiger partial charge >= 0.3 is 0 Å². The van der Waals surface area contributed by atoms with E-state index in [4.69, 9.17) is 16.3 Å². The molecular weight excluding hydrogens is 417 g/mol. The van der Waals surface area contributed by atoms with Gasteiger partial charge in [0.05, 0.1) is 5.69 Å². The average molecular weight is 434 g/mol. The Morgan fingerprint density at radius 3 is 2.69 bits per heavy atom. The highest BCUT2D eigenvalue weighted by Crippen LogP contribution is 2.29. The van der Waals surface area contributed by atoms with Gasteiger partial charge in [0.2, 0.25) is 5.91 Å². The molecule has 1 heterocycles. The van der Waals surface area contributed by atoms with Gasteiger partial charge in [0.25, 0.3) is 5.91 Å². The van der Waals surface area contributed by atoms with Crippen LogP contribution in [0.5, 0.6) is 5.75 Å². The number of ether oxygens (including phenoxy) is 1. The molecule has 0 fully saturated rings. The lowest BCUT2D eigenvalue weighted by Gasteiger charge is -2.08. The molecule has 0 spiro atoms. The SMILES string of the molecule is CC(=O)Nc1ccc(-c2csc(NC(=O)COc3ccc(Cl)cc3C)n2)c(F)c1. The van der Waals surface area contributed by atoms with Crippen LogP contribution in [0.4, 0.5) is 15.2 Å². The van der Waals surface area contributed by atoms with Crippen molar-refractivity contribution in [1.82, 2.24) is 4.98 Å². The predicted molar refractivity (Wildman–Crippen MR) is 112 cm³/mol. The fraction of sp³-hybridized carbons (Fsp3) is 0.150. The molecule has 0 bridgehead atoms. The number of nitrogens with one attached hydrogen (secondary N) is 2. The fourth-order valence-corrected chi connectivity index (χ4v) is 3.49. The summed E-state index contributed by atoms with van der Waals surface area (Å²) >= 11 is 7.07. The lowest BCUT2D eigenvalue weighted by molar-refractivity contribution is -0.118. The third kappa shape index (κ3) is 5.52. The maximum atomic E-state index is 14.3. The molecule has 0 aliphatic carbocycles. The number of carbonyl (C=O) groups is 2. The van der Waals surface area contributed by atoms with Crippen molar-refractivity contribution in [3.05, 3.63) is 58.2 Å². The molecule has 0 saturated carbocycles. The first-order valence-corrected chi connectivity index (χ1v) is 9.79. The van der Waals surface area contributed by atoms with Gasteiger partial charge in [-0.1, -0.05) is 11.6 Å². The summed E-state index contributed by atoms with van der Waals surface area (Å²) in [5.74, 6) is -0.639. The Morgan fingerprint density at radius 2 is 2.00 bits per heavy atom. The number of aryl methyl sites for hydroxylation is 1. The number of carbonyl (C=O) groups excluding carboxylic acids is 2. The molecule has 0 aliphatic rings. The van der Waals surface area contributed by atoms with Gasteiger partial charge in [-0.25, -0.2) is 9.37 Å². The molecule has 150 valence electrons. The van der Waals surface area contributed by atoms with E-state index in [2.05, 4.69) is 15.6 Å². The van der Waals surface area contributed by atoms with Gasteiger partial charge in [0.1, 0.15) is 11.6 Å². The van der Waals surface area contributed by atoms with Crippen LogP contribution in [-0.4, -0.2) is 23.4 Å². The zero-order valence-corrected chi connectivity index (χ0v) is 17.2. The van der Waals surface area contributed by atoms with Crippen molar-refractivity contribution >= 4 is 45.6 Å². The summed E-state index contributed by atoms with van der Waals surface area (Å²) in [4.78, 5) is 27.4. The van der Waals surface area contributed by atoms with E-state index in [0.717, 1.165) is 5.56 Å². The average Bonchev–Trinajstić information content (AvgIpc) is 3.08. The minimum atomic E-state index is -0.527. The number of anilines is 2. The largest absolute Gasteiger partial charge is 0.483 e. The molecule has 0 aliphatic heterocycles. The van der Waals surface area contributed by atoms with Crippen LogP contribution in [0, 0.1) is 12.7 Å². The highest BCUT2D eigenvalue weighted by molar-refractivity contribution is 7.14. The number of rotatable bonds is 6. The van der Waals surface area contributed by atoms with E-state index < -0.39 is 5.82 Å². The maximum absolute atomic E-state index is 14.3. The molecule has 2 aromatic carbocycles. The predicted octanol–water partition coefficient (Wildman–Crippen LogP) is 4.89. The van der Waals surface area contributed by atoms with E-state index in [9.17, 15) is 14.0 Å². The number of halogens is 2. The van der Waals surface area contributed by atoms with Crippen molar-refractivity contribution in [2.75, 3.05) is 17.2 Å². The highest BCUT2D eigenvalue weighted by atomic mass is 35.5. The van der Waals surface area contributed by atoms with E-state index in [1.54, 1.807) is 29.6 Å². The van der Waals surface area contributed by atoms with E-state index in [-0.39, 0.29) is 24.0 Å². The third-order valence-electron chi connectivity index (χ3n) is 3.81. The zero-order valence-electron chi connectivity index (χ0n) is 15.6. The lowest BCUT2D eigenvalue weighted by Crippen LogP contribution is -2.20. The van der Waals surface area contributed by atoms with Gasteiger partial charge in [-0.05, 0) is 48.9 Å². The fourth-order valence-electron chi connectivity index (χ4n) is 2.53. The number of hydrogen-bond donors (Lipinski definition) is 2. The summed E-state index contributed by atoms with van der Waals surface area (Å²) in [6.07, 6.45) is 0. The van der Waals surface area contributed by atoms with Crippen LogP contribution in [0.15, 0.2) is 41.8 Å². The second kappa shape index (κ2) is 9.02. The first kappa shape index (κ1) is 20.8. The smallest absolute Gasteiger partial charge is 0.264 e. The van der Waals surface area contributed by atoms with E-state index >= 15 is 0 Å². The van der Waals surface area contributed by atoms with Crippen LogP contribution >= 0.6 is 22.9 Å². The second-order valence-electron chi connectivity index (χ2n) is 6.16. The van der Waals surface area contributed by atoms with Crippen LogP contribution in [0.2, 0.25) is 5.02 Å². The maximum Gasteiger partial charge on any atom is 0.264 e. The van der Waals surface area contributed by atoms with Crippen molar-refractivity contribution in [2.24, 2.45) is 0 Å². The molecule has 6 nitrogen and oxygen atoms in total. The quantitative estimate of drug-likeness (QED) is 0.580. The molecular formula is C20H17ClFN3O3S. The van der Waals surface area contributed by atoms with Crippen LogP contribution in [0.25, 0.3) is 11.3 Å². The Hall–Kier alpha value is -2.97. The molecule has 0 unspecified atom stereocenters. The van der Waals surface area contributed by atoms with Crippen LogP contribution < -0.4 is 15.4 Å². The Morgan fingerprint density at radius 1 is 1.21 bits per heavy atom. The first-order valence-electron chi connectivity index (χ1n) is 8.53. The topological polar surface area (TPSA) is 80.3 Å². The van der Waals surface area contributed by atoms with Gasteiger partial charge in [0, 0.05) is 28.6 Å². The molecule has 1 aromatic heterocycles. The molecule has 2 N–H and O–H groups in total. The third-order valence-corrected chi connectivity index (χ3v) is 4.80. The summed E-state index contributed by atoms with van der Waals surface area (Å²) < 4.78 is 19.8. The number of nitrogens with zero attached hydrogens (tertiary/aromatic N) is 1. The second-order valence-corrected chi connectivity index (χ2v) is 7.45. The Balaban J connectivity index is 1.62. The Bertz CT molecular complexity index is 1070. The van der Waals surface area contributed by atoms with Gasteiger partial charge in [-0.2, -0.15) is 0 Å². The van der Waals surface area contributed by atoms with Crippen LogP contribution in [0.1, 0.15) is 12.5 Å². The van der Waals surface area contributed by atoms with E-state index in [0.29, 0.717) is 27.3 Å². The zero-order chi connectivity index (χ0) is 21.0. The van der Waals surface area contributed by atoms with Crippen LogP contribution in [0.3, 0.4) is 0 Å². The van der Waals surface area contributed by atoms with Gasteiger partial charge in [-0.3, -0.25) is 14.9 Å². The molecule has 29 heavy (non-hydrogen) atoms. The number of amides is 2. The summed E-state index contributed by atoms with van der Waals surface area (Å²) in [6.45, 7) is 2.98. The summed E-state index contributed by atoms with van der Waals surface area (Å²) in [7, 11) is 0. The lowest BCUT2D eigenvalue weighted by atomic mass is 10.1. The summed E-state index contributed by atoms with van der Waals surface area (Å²) in [5, 5.41) is 7.69. The highest BCUT2D eigenvalue weighted by Gasteiger charge is 2.13. The van der Waals surface area contributed by atoms with Gasteiger partial charge in [-0.15, -0.1) is 11.3 Å². The Labute approximate surface area is 175 Å². The van der Waals surface area contributed by atoms with Crippen molar-refractivity contribution in [1.29, 1.82) is 0 Å². The van der Waals surface area contributed by atoms with Crippen molar-refractivity contribution < 1.29 is 18.7 Å². The van der Waals surface area contributed by atoms with Crippen LogP contribution in [-0.2, 0) is 9.59 Å². The number of hydrogen-bond acceptors (Lipinski definition) is 5. The summed E-state index contributed by atoms with van der Waals surface area (Å²) in [5.41, 5.74) is 1.83. The van der Waals surface area contributed by atoms with E-state index in [1.165, 1.54) is 30.4 Å². The standard InChI is InChI=1S/C20H17ClFN3O3S/c1-11-7-13(21)3-6-18(11)28-9-19(27)25-20-24-17(10-29-20)15-5-4-14(8-16(15)22)23-12(2)26/h3-8,10H,9H2,1-2H3,(H,23,26)(H,24,25,27). The molecule has 2 amide bonds.